The monoisotopic (exact) mass is 392 g/mol. The number of hydrogen-bond donors (Lipinski definition) is 1. The lowest BCUT2D eigenvalue weighted by molar-refractivity contribution is -0.116. The van der Waals surface area contributed by atoms with Gasteiger partial charge in [0.1, 0.15) is 0 Å². The van der Waals surface area contributed by atoms with E-state index in [9.17, 15) is 13.2 Å². The van der Waals surface area contributed by atoms with Gasteiger partial charge in [-0.2, -0.15) is 0 Å². The number of nitrogens with one attached hydrogen (secondary N) is 1. The van der Waals surface area contributed by atoms with Gasteiger partial charge in [0.15, 0.2) is 0 Å². The molecule has 26 heavy (non-hydrogen) atoms. The van der Waals surface area contributed by atoms with Crippen molar-refractivity contribution in [1.29, 1.82) is 0 Å². The predicted octanol–water partition coefficient (Wildman–Crippen LogP) is 4.03. The zero-order chi connectivity index (χ0) is 18.4. The van der Waals surface area contributed by atoms with Crippen LogP contribution in [0.25, 0.3) is 0 Å². The Morgan fingerprint density at radius 2 is 1.92 bits per heavy atom. The molecule has 1 amide bonds. The molecule has 0 radical (unpaired) electrons. The van der Waals surface area contributed by atoms with Crippen LogP contribution in [0, 0.1) is 0 Å². The Labute approximate surface area is 159 Å². The zero-order valence-corrected chi connectivity index (χ0v) is 16.3. The first-order valence-corrected chi connectivity index (χ1v) is 11.5. The van der Waals surface area contributed by atoms with Gasteiger partial charge >= 0.3 is 0 Å². The van der Waals surface area contributed by atoms with Gasteiger partial charge in [-0.1, -0.05) is 6.07 Å². The van der Waals surface area contributed by atoms with Crippen LogP contribution in [-0.4, -0.2) is 26.6 Å². The van der Waals surface area contributed by atoms with E-state index in [1.54, 1.807) is 35.6 Å². The van der Waals surface area contributed by atoms with Gasteiger partial charge in [-0.05, 0) is 67.8 Å². The number of anilines is 2. The van der Waals surface area contributed by atoms with E-state index < -0.39 is 10.0 Å². The van der Waals surface area contributed by atoms with Gasteiger partial charge < -0.3 is 5.32 Å². The lowest BCUT2D eigenvalue weighted by Crippen LogP contribution is -2.37. The number of carbonyl (C=O) groups is 1. The van der Waals surface area contributed by atoms with Gasteiger partial charge in [0, 0.05) is 23.5 Å². The van der Waals surface area contributed by atoms with Crippen LogP contribution in [-0.2, 0) is 21.2 Å². The van der Waals surface area contributed by atoms with E-state index in [1.165, 1.54) is 9.18 Å². The summed E-state index contributed by atoms with van der Waals surface area (Å²) >= 11 is 1.75. The van der Waals surface area contributed by atoms with Gasteiger partial charge in [-0.3, -0.25) is 9.10 Å². The topological polar surface area (TPSA) is 66.5 Å². The fourth-order valence-electron chi connectivity index (χ4n) is 3.05. The maximum atomic E-state index is 12.1. The molecule has 1 N–H and O–H groups in total. The quantitative estimate of drug-likeness (QED) is 0.724. The number of sulfonamides is 1. The van der Waals surface area contributed by atoms with Gasteiger partial charge in [0.25, 0.3) is 0 Å². The molecule has 0 unspecified atom stereocenters. The number of rotatable bonds is 7. The van der Waals surface area contributed by atoms with E-state index >= 15 is 0 Å². The summed E-state index contributed by atoms with van der Waals surface area (Å²) in [5, 5.41) is 4.95. The van der Waals surface area contributed by atoms with Crippen LogP contribution in [0.15, 0.2) is 41.8 Å². The molecule has 5 nitrogen and oxygen atoms in total. The van der Waals surface area contributed by atoms with Crippen LogP contribution in [0.3, 0.4) is 0 Å². The Morgan fingerprint density at radius 3 is 2.62 bits per heavy atom. The molecule has 7 heteroatoms. The fourth-order valence-corrected chi connectivity index (χ4v) is 5.44. The summed E-state index contributed by atoms with van der Waals surface area (Å²) in [4.78, 5) is 13.4. The maximum absolute atomic E-state index is 12.1. The van der Waals surface area contributed by atoms with Crippen molar-refractivity contribution >= 4 is 38.6 Å². The molecule has 0 saturated carbocycles. The molecule has 1 saturated heterocycles. The van der Waals surface area contributed by atoms with E-state index in [0.29, 0.717) is 24.3 Å². The van der Waals surface area contributed by atoms with Crippen molar-refractivity contribution in [3.63, 3.8) is 0 Å². The zero-order valence-electron chi connectivity index (χ0n) is 14.7. The van der Waals surface area contributed by atoms with E-state index in [1.807, 2.05) is 6.07 Å². The molecule has 0 atom stereocenters. The molecule has 0 aliphatic carbocycles. The summed E-state index contributed by atoms with van der Waals surface area (Å²) in [6.07, 6.45) is 4.97. The van der Waals surface area contributed by atoms with Gasteiger partial charge in [-0.15, -0.1) is 11.3 Å². The highest BCUT2D eigenvalue weighted by Gasteiger charge is 2.25. The van der Waals surface area contributed by atoms with Crippen molar-refractivity contribution in [2.75, 3.05) is 21.9 Å². The summed E-state index contributed by atoms with van der Waals surface area (Å²) in [6.45, 7) is 0.526. The van der Waals surface area contributed by atoms with Crippen LogP contribution < -0.4 is 9.62 Å². The first-order chi connectivity index (χ1) is 12.5. The fraction of sp³-hybridized carbons (Fsp3) is 0.421. The number of thiophene rings is 1. The van der Waals surface area contributed by atoms with Crippen LogP contribution >= 0.6 is 11.3 Å². The van der Waals surface area contributed by atoms with E-state index in [4.69, 9.17) is 0 Å². The molecule has 1 fully saturated rings. The Bertz CT molecular complexity index is 815. The normalized spacial score (nSPS) is 16.4. The van der Waals surface area contributed by atoms with Crippen LogP contribution in [0.5, 0.6) is 0 Å². The van der Waals surface area contributed by atoms with Gasteiger partial charge in [0.2, 0.25) is 15.9 Å². The molecule has 1 aliphatic rings. The summed E-state index contributed by atoms with van der Waals surface area (Å²) in [5.74, 6) is 0.200. The van der Waals surface area contributed by atoms with E-state index in [0.717, 1.165) is 32.1 Å². The van der Waals surface area contributed by atoms with Crippen LogP contribution in [0.2, 0.25) is 0 Å². The van der Waals surface area contributed by atoms with Crippen LogP contribution in [0.4, 0.5) is 11.4 Å². The number of unbranched alkanes of at least 4 members (excludes halogenated alkanes) is 1. The van der Waals surface area contributed by atoms with Crippen molar-refractivity contribution in [3.8, 4) is 0 Å². The number of hydrogen-bond acceptors (Lipinski definition) is 4. The minimum Gasteiger partial charge on any atom is -0.326 e. The average molecular weight is 393 g/mol. The summed E-state index contributed by atoms with van der Waals surface area (Å²) in [6, 6.07) is 11.2. The third-order valence-corrected chi connectivity index (χ3v) is 7.25. The standard InChI is InChI=1S/C19H24N2O3S2/c22-19(8-2-1-6-18-7-5-14-25-18)20-16-9-11-17(12-10-16)21-13-3-4-15-26(21,23)24/h5,7,9-12,14H,1-4,6,8,13,15H2,(H,20,22). The first-order valence-electron chi connectivity index (χ1n) is 8.97. The van der Waals surface area contributed by atoms with Gasteiger partial charge in [-0.25, -0.2) is 8.42 Å². The number of nitrogens with zero attached hydrogens (tertiary/aromatic N) is 1. The lowest BCUT2D eigenvalue weighted by Gasteiger charge is -2.28. The minimum atomic E-state index is -3.20. The van der Waals surface area contributed by atoms with Crippen molar-refractivity contribution in [2.24, 2.45) is 0 Å². The second kappa shape index (κ2) is 8.68. The molecule has 1 aromatic carbocycles. The van der Waals surface area contributed by atoms with Crippen molar-refractivity contribution in [2.45, 2.75) is 38.5 Å². The van der Waals surface area contributed by atoms with Crippen molar-refractivity contribution in [1.82, 2.24) is 0 Å². The minimum absolute atomic E-state index is 0.00507. The number of aryl methyl sites for hydroxylation is 1. The molecule has 2 aromatic rings. The van der Waals surface area contributed by atoms with Crippen molar-refractivity contribution < 1.29 is 13.2 Å². The Kier molecular flexibility index (Phi) is 6.32. The Balaban J connectivity index is 1.47. The number of carbonyl (C=O) groups excluding carboxylic acids is 1. The third kappa shape index (κ3) is 5.08. The number of benzene rings is 1. The Hall–Kier alpha value is -1.86. The van der Waals surface area contributed by atoms with Gasteiger partial charge in [0.05, 0.1) is 11.4 Å². The van der Waals surface area contributed by atoms with Crippen LogP contribution in [0.1, 0.15) is 37.0 Å². The predicted molar refractivity (Wildman–Crippen MR) is 107 cm³/mol. The molecule has 140 valence electrons. The highest BCUT2D eigenvalue weighted by molar-refractivity contribution is 7.92. The molecule has 2 heterocycles. The molecule has 0 spiro atoms. The molecular formula is C19H24N2O3S2. The van der Waals surface area contributed by atoms with Crippen molar-refractivity contribution in [3.05, 3.63) is 46.7 Å². The smallest absolute Gasteiger partial charge is 0.235 e. The summed E-state index contributed by atoms with van der Waals surface area (Å²) in [7, 11) is -3.20. The summed E-state index contributed by atoms with van der Waals surface area (Å²) in [5.41, 5.74) is 1.37. The first kappa shape index (κ1) is 18.9. The third-order valence-electron chi connectivity index (χ3n) is 4.45. The molecule has 1 aromatic heterocycles. The van der Waals surface area contributed by atoms with E-state index in [2.05, 4.69) is 16.8 Å². The average Bonchev–Trinajstić information content (AvgIpc) is 3.13. The van der Waals surface area contributed by atoms with E-state index in [-0.39, 0.29) is 11.7 Å². The molecule has 3 rings (SSSR count). The largest absolute Gasteiger partial charge is 0.326 e. The number of amides is 1. The second-order valence-electron chi connectivity index (χ2n) is 6.48. The molecule has 1 aliphatic heterocycles. The second-order valence-corrected chi connectivity index (χ2v) is 9.52. The maximum Gasteiger partial charge on any atom is 0.235 e. The Morgan fingerprint density at radius 1 is 1.12 bits per heavy atom. The lowest BCUT2D eigenvalue weighted by atomic mass is 10.1. The highest BCUT2D eigenvalue weighted by atomic mass is 32.2. The molecule has 0 bridgehead atoms. The summed E-state index contributed by atoms with van der Waals surface area (Å²) < 4.78 is 25.7. The SMILES string of the molecule is O=C(CCCCc1cccs1)Nc1ccc(N2CCCCS2(=O)=O)cc1. The molecular weight excluding hydrogens is 368 g/mol. The highest BCUT2D eigenvalue weighted by Crippen LogP contribution is 2.25.